The summed E-state index contributed by atoms with van der Waals surface area (Å²) in [6, 6.07) is 5.13. The summed E-state index contributed by atoms with van der Waals surface area (Å²) >= 11 is 0. The normalized spacial score (nSPS) is 20.1. The minimum Gasteiger partial charge on any atom is -0.481 e. The maximum atomic E-state index is 12.9. The van der Waals surface area contributed by atoms with E-state index < -0.39 is 55.4 Å². The van der Waals surface area contributed by atoms with Crippen molar-refractivity contribution in [2.75, 3.05) is 19.6 Å². The minimum atomic E-state index is -4.71. The number of aryl methyl sites for hydroxylation is 2. The summed E-state index contributed by atoms with van der Waals surface area (Å²) in [6.07, 6.45) is -4.71. The highest BCUT2D eigenvalue weighted by Gasteiger charge is 2.53. The quantitative estimate of drug-likeness (QED) is 0.843. The third-order valence-electron chi connectivity index (χ3n) is 4.29. The molecule has 0 saturated carbocycles. The van der Waals surface area contributed by atoms with Crippen molar-refractivity contribution in [2.24, 2.45) is 11.8 Å². The number of hydrogen-bond donors (Lipinski definition) is 2. The first-order valence-electron chi connectivity index (χ1n) is 7.93. The Labute approximate surface area is 148 Å². The average Bonchev–Trinajstić information content (AvgIpc) is 2.97. The number of carboxylic acid groups (broad SMARTS) is 1. The summed E-state index contributed by atoms with van der Waals surface area (Å²) in [5.41, 5.74) is 2.06. The largest absolute Gasteiger partial charge is 0.481 e. The molecule has 6 nitrogen and oxygen atoms in total. The van der Waals surface area contributed by atoms with E-state index in [4.69, 9.17) is 5.11 Å². The minimum absolute atomic E-state index is 0.341. The molecule has 26 heavy (non-hydrogen) atoms. The van der Waals surface area contributed by atoms with Gasteiger partial charge in [-0.25, -0.2) is 0 Å². The summed E-state index contributed by atoms with van der Waals surface area (Å²) in [4.78, 5) is 36.1. The third kappa shape index (κ3) is 4.53. The molecule has 1 aromatic rings. The number of carboxylic acids is 1. The van der Waals surface area contributed by atoms with Gasteiger partial charge in [0.05, 0.1) is 18.4 Å². The number of carbonyl (C=O) groups is 3. The lowest BCUT2D eigenvalue weighted by Gasteiger charge is -2.18. The summed E-state index contributed by atoms with van der Waals surface area (Å²) in [5.74, 6) is -6.68. The molecular formula is C17H19F3N2O4. The monoisotopic (exact) mass is 372 g/mol. The van der Waals surface area contributed by atoms with Crippen LogP contribution in [0.15, 0.2) is 18.2 Å². The van der Waals surface area contributed by atoms with Crippen molar-refractivity contribution in [1.29, 1.82) is 0 Å². The van der Waals surface area contributed by atoms with E-state index in [0.717, 1.165) is 16.0 Å². The van der Waals surface area contributed by atoms with Crippen molar-refractivity contribution >= 4 is 17.8 Å². The molecule has 9 heteroatoms. The topological polar surface area (TPSA) is 86.7 Å². The lowest BCUT2D eigenvalue weighted by Crippen LogP contribution is -2.40. The first-order chi connectivity index (χ1) is 12.0. The van der Waals surface area contributed by atoms with Gasteiger partial charge in [-0.15, -0.1) is 0 Å². The number of benzene rings is 1. The molecule has 1 fully saturated rings. The van der Waals surface area contributed by atoms with Gasteiger partial charge < -0.3 is 15.3 Å². The first-order valence-corrected chi connectivity index (χ1v) is 7.93. The summed E-state index contributed by atoms with van der Waals surface area (Å²) in [6.45, 7) is 1.87. The molecule has 2 atom stereocenters. The molecule has 0 radical (unpaired) electrons. The smallest absolute Gasteiger partial charge is 0.394 e. The van der Waals surface area contributed by atoms with E-state index in [-0.39, 0.29) is 0 Å². The number of carbonyl (C=O) groups excluding carboxylic acids is 2. The van der Waals surface area contributed by atoms with E-state index in [2.05, 4.69) is 5.32 Å². The molecule has 2 N–H and O–H groups in total. The molecule has 0 aromatic heterocycles. The van der Waals surface area contributed by atoms with Gasteiger partial charge in [0, 0.05) is 18.7 Å². The third-order valence-corrected chi connectivity index (χ3v) is 4.29. The van der Waals surface area contributed by atoms with E-state index in [1.165, 1.54) is 0 Å². The second-order valence-corrected chi connectivity index (χ2v) is 6.45. The lowest BCUT2D eigenvalue weighted by atomic mass is 9.96. The molecule has 0 aliphatic carbocycles. The molecule has 1 aliphatic rings. The van der Waals surface area contributed by atoms with Crippen LogP contribution in [0.5, 0.6) is 0 Å². The van der Waals surface area contributed by atoms with Crippen LogP contribution < -0.4 is 5.32 Å². The second-order valence-electron chi connectivity index (χ2n) is 6.45. The SMILES string of the molecule is Cc1cc(C)cc(C(=O)NCC(=O)N2C[C@@H](C(F)(F)F)[C@H](C(=O)O)C2)c1. The first kappa shape index (κ1) is 19.7. The van der Waals surface area contributed by atoms with Gasteiger partial charge in [-0.3, -0.25) is 14.4 Å². The molecule has 0 spiro atoms. The predicted molar refractivity (Wildman–Crippen MR) is 85.5 cm³/mol. The molecule has 1 aromatic carbocycles. The van der Waals surface area contributed by atoms with E-state index in [9.17, 15) is 27.6 Å². The lowest BCUT2D eigenvalue weighted by molar-refractivity contribution is -0.188. The Morgan fingerprint density at radius 1 is 1.15 bits per heavy atom. The average molecular weight is 372 g/mol. The number of amides is 2. The van der Waals surface area contributed by atoms with Crippen LogP contribution in [0.25, 0.3) is 0 Å². The number of rotatable bonds is 4. The standard InChI is InChI=1S/C17H19F3N2O4/c1-9-3-10(2)5-11(4-9)15(24)21-6-14(23)22-7-12(16(25)26)13(8-22)17(18,19)20/h3-5,12-13H,6-8H2,1-2H3,(H,21,24)(H,25,26)/t12-,13-/m1/s1. The van der Waals surface area contributed by atoms with Gasteiger partial charge in [0.15, 0.2) is 0 Å². The van der Waals surface area contributed by atoms with Crippen LogP contribution in [-0.4, -0.2) is 53.6 Å². The van der Waals surface area contributed by atoms with Gasteiger partial charge in [-0.05, 0) is 26.0 Å². The van der Waals surface area contributed by atoms with Crippen LogP contribution in [-0.2, 0) is 9.59 Å². The molecule has 1 heterocycles. The van der Waals surface area contributed by atoms with Gasteiger partial charge in [0.2, 0.25) is 5.91 Å². The fraction of sp³-hybridized carbons (Fsp3) is 0.471. The van der Waals surface area contributed by atoms with Crippen molar-refractivity contribution < 1.29 is 32.7 Å². The highest BCUT2D eigenvalue weighted by atomic mass is 19.4. The van der Waals surface area contributed by atoms with Gasteiger partial charge in [0.1, 0.15) is 0 Å². The zero-order chi connectivity index (χ0) is 19.6. The van der Waals surface area contributed by atoms with Crippen LogP contribution in [0, 0.1) is 25.7 Å². The molecule has 0 unspecified atom stereocenters. The number of aliphatic carboxylic acids is 1. The number of halogens is 3. The number of nitrogens with zero attached hydrogens (tertiary/aromatic N) is 1. The van der Waals surface area contributed by atoms with Crippen LogP contribution in [0.1, 0.15) is 21.5 Å². The Morgan fingerprint density at radius 2 is 1.73 bits per heavy atom. The van der Waals surface area contributed by atoms with E-state index in [1.807, 2.05) is 19.9 Å². The van der Waals surface area contributed by atoms with Crippen molar-refractivity contribution in [3.63, 3.8) is 0 Å². The number of likely N-dealkylation sites (tertiary alicyclic amines) is 1. The van der Waals surface area contributed by atoms with Gasteiger partial charge in [-0.2, -0.15) is 13.2 Å². The Balaban J connectivity index is 1.99. The molecule has 1 aliphatic heterocycles. The van der Waals surface area contributed by atoms with Crippen LogP contribution in [0.4, 0.5) is 13.2 Å². The van der Waals surface area contributed by atoms with Gasteiger partial charge in [-0.1, -0.05) is 17.2 Å². The molecule has 2 rings (SSSR count). The summed E-state index contributed by atoms with van der Waals surface area (Å²) in [5, 5.41) is 11.3. The van der Waals surface area contributed by atoms with E-state index in [0.29, 0.717) is 5.56 Å². The molecule has 0 bridgehead atoms. The van der Waals surface area contributed by atoms with Gasteiger partial charge in [0.25, 0.3) is 5.91 Å². The van der Waals surface area contributed by atoms with Crippen LogP contribution in [0.2, 0.25) is 0 Å². The maximum absolute atomic E-state index is 12.9. The second kappa shape index (κ2) is 7.35. The highest BCUT2D eigenvalue weighted by molar-refractivity contribution is 5.96. The predicted octanol–water partition coefficient (Wildman–Crippen LogP) is 1.75. The molecule has 2 amide bonds. The summed E-state index contributed by atoms with van der Waals surface area (Å²) < 4.78 is 38.8. The van der Waals surface area contributed by atoms with E-state index >= 15 is 0 Å². The van der Waals surface area contributed by atoms with E-state index in [1.54, 1.807) is 12.1 Å². The molecular weight excluding hydrogens is 353 g/mol. The van der Waals surface area contributed by atoms with Crippen molar-refractivity contribution in [1.82, 2.24) is 10.2 Å². The Kier molecular flexibility index (Phi) is 5.58. The maximum Gasteiger partial charge on any atom is 0.394 e. The van der Waals surface area contributed by atoms with Crippen LogP contribution in [0.3, 0.4) is 0 Å². The zero-order valence-corrected chi connectivity index (χ0v) is 14.3. The zero-order valence-electron chi connectivity index (χ0n) is 14.3. The number of nitrogens with one attached hydrogen (secondary N) is 1. The Morgan fingerprint density at radius 3 is 2.19 bits per heavy atom. The molecule has 142 valence electrons. The van der Waals surface area contributed by atoms with Crippen molar-refractivity contribution in [3.05, 3.63) is 34.9 Å². The van der Waals surface area contributed by atoms with Crippen molar-refractivity contribution in [3.8, 4) is 0 Å². The fourth-order valence-corrected chi connectivity index (χ4v) is 3.06. The van der Waals surface area contributed by atoms with Gasteiger partial charge >= 0.3 is 12.1 Å². The number of alkyl halides is 3. The van der Waals surface area contributed by atoms with Crippen molar-refractivity contribution in [2.45, 2.75) is 20.0 Å². The fourth-order valence-electron chi connectivity index (χ4n) is 3.06. The number of hydrogen-bond acceptors (Lipinski definition) is 3. The summed E-state index contributed by atoms with van der Waals surface area (Å²) in [7, 11) is 0. The van der Waals surface area contributed by atoms with Crippen LogP contribution >= 0.6 is 0 Å². The molecule has 1 saturated heterocycles. The Hall–Kier alpha value is -2.58. The highest BCUT2D eigenvalue weighted by Crippen LogP contribution is 2.37. The Bertz CT molecular complexity index is 713.